The lowest BCUT2D eigenvalue weighted by Crippen LogP contribution is -2.41. The Hall–Kier alpha value is -2.33. The molecule has 4 heteroatoms. The van der Waals surface area contributed by atoms with Gasteiger partial charge in [0.2, 0.25) is 5.91 Å². The van der Waals surface area contributed by atoms with E-state index < -0.39 is 0 Å². The monoisotopic (exact) mass is 310 g/mol. The van der Waals surface area contributed by atoms with Crippen molar-refractivity contribution >= 4 is 11.6 Å². The number of para-hydroxylation sites is 1. The first kappa shape index (κ1) is 15.6. The quantitative estimate of drug-likeness (QED) is 0.923. The molecule has 120 valence electrons. The van der Waals surface area contributed by atoms with Gasteiger partial charge in [-0.3, -0.25) is 4.79 Å². The van der Waals surface area contributed by atoms with Crippen molar-refractivity contribution in [3.63, 3.8) is 0 Å². The van der Waals surface area contributed by atoms with Crippen molar-refractivity contribution in [3.8, 4) is 5.75 Å². The zero-order chi connectivity index (χ0) is 16.2. The van der Waals surface area contributed by atoms with Crippen LogP contribution in [0.2, 0.25) is 0 Å². The van der Waals surface area contributed by atoms with E-state index in [9.17, 15) is 4.79 Å². The van der Waals surface area contributed by atoms with Crippen LogP contribution in [0, 0.1) is 0 Å². The molecule has 4 nitrogen and oxygen atoms in total. The van der Waals surface area contributed by atoms with Crippen LogP contribution in [0.3, 0.4) is 0 Å². The number of fused-ring (bicyclic) bond motifs is 1. The Kier molecular flexibility index (Phi) is 4.63. The first-order valence-electron chi connectivity index (χ1n) is 7.92. The van der Waals surface area contributed by atoms with Gasteiger partial charge in [0.25, 0.3) is 0 Å². The number of methoxy groups -OCH3 is 1. The van der Waals surface area contributed by atoms with Gasteiger partial charge in [-0.1, -0.05) is 30.3 Å². The topological polar surface area (TPSA) is 41.6 Å². The lowest BCUT2D eigenvalue weighted by atomic mass is 10.1. The maximum Gasteiger partial charge on any atom is 0.241 e. The van der Waals surface area contributed by atoms with Gasteiger partial charge in [-0.05, 0) is 42.7 Å². The molecule has 2 aromatic rings. The molecular weight excluding hydrogens is 288 g/mol. The summed E-state index contributed by atoms with van der Waals surface area (Å²) in [5.41, 5.74) is 3.40. The van der Waals surface area contributed by atoms with Gasteiger partial charge in [0.1, 0.15) is 5.75 Å². The second-order valence-electron chi connectivity index (χ2n) is 5.90. The van der Waals surface area contributed by atoms with E-state index in [2.05, 4.69) is 18.3 Å². The van der Waals surface area contributed by atoms with E-state index in [0.717, 1.165) is 23.4 Å². The zero-order valence-corrected chi connectivity index (χ0v) is 13.6. The summed E-state index contributed by atoms with van der Waals surface area (Å²) in [4.78, 5) is 14.5. The van der Waals surface area contributed by atoms with Crippen molar-refractivity contribution < 1.29 is 9.53 Å². The molecule has 2 aromatic carbocycles. The molecule has 0 aromatic heterocycles. The van der Waals surface area contributed by atoms with Crippen molar-refractivity contribution in [1.82, 2.24) is 5.32 Å². The Morgan fingerprint density at radius 3 is 2.91 bits per heavy atom. The van der Waals surface area contributed by atoms with Crippen molar-refractivity contribution in [2.24, 2.45) is 0 Å². The number of anilines is 1. The highest BCUT2D eigenvalue weighted by Gasteiger charge is 2.29. The molecule has 1 N–H and O–H groups in total. The molecule has 1 aliphatic heterocycles. The highest BCUT2D eigenvalue weighted by Crippen LogP contribution is 2.31. The number of ether oxygens (including phenoxy) is 1. The number of nitrogens with one attached hydrogen (secondary N) is 1. The molecule has 0 saturated carbocycles. The minimum absolute atomic E-state index is 0.116. The molecule has 23 heavy (non-hydrogen) atoms. The molecular formula is C19H22N2O2. The summed E-state index contributed by atoms with van der Waals surface area (Å²) < 4.78 is 5.21. The molecule has 1 amide bonds. The number of nitrogens with zero attached hydrogens (tertiary/aromatic N) is 1. The van der Waals surface area contributed by atoms with E-state index >= 15 is 0 Å². The van der Waals surface area contributed by atoms with Gasteiger partial charge in [0, 0.05) is 18.3 Å². The standard InChI is InChI=1S/C19H22N2O2/c1-14-10-16-7-3-4-9-18(16)21(14)19(22)13-20-12-15-6-5-8-17(11-15)23-2/h3-9,11,14,20H,10,12-13H2,1-2H3/t14-/m1/s1. The Bertz CT molecular complexity index is 699. The molecule has 0 saturated heterocycles. The number of hydrogen-bond donors (Lipinski definition) is 1. The second kappa shape index (κ2) is 6.84. The van der Waals surface area contributed by atoms with Crippen LogP contribution in [0.25, 0.3) is 0 Å². The third-order valence-electron chi connectivity index (χ3n) is 4.22. The molecule has 0 bridgehead atoms. The minimum Gasteiger partial charge on any atom is -0.497 e. The summed E-state index contributed by atoms with van der Waals surface area (Å²) in [5.74, 6) is 0.947. The number of amides is 1. The zero-order valence-electron chi connectivity index (χ0n) is 13.6. The van der Waals surface area contributed by atoms with Crippen LogP contribution in [-0.2, 0) is 17.8 Å². The third-order valence-corrected chi connectivity index (χ3v) is 4.22. The molecule has 1 aliphatic rings. The van der Waals surface area contributed by atoms with E-state index in [-0.39, 0.29) is 11.9 Å². The normalized spacial score (nSPS) is 16.3. The largest absolute Gasteiger partial charge is 0.497 e. The van der Waals surface area contributed by atoms with Gasteiger partial charge < -0.3 is 15.0 Å². The Morgan fingerprint density at radius 2 is 2.09 bits per heavy atom. The summed E-state index contributed by atoms with van der Waals surface area (Å²) >= 11 is 0. The average Bonchev–Trinajstić information content (AvgIpc) is 2.90. The minimum atomic E-state index is 0.116. The Labute approximate surface area is 137 Å². The van der Waals surface area contributed by atoms with Gasteiger partial charge in [0.05, 0.1) is 13.7 Å². The summed E-state index contributed by atoms with van der Waals surface area (Å²) in [6.07, 6.45) is 0.928. The van der Waals surface area contributed by atoms with Crippen LogP contribution < -0.4 is 15.0 Å². The maximum absolute atomic E-state index is 12.6. The first-order chi connectivity index (χ1) is 11.2. The number of hydrogen-bond acceptors (Lipinski definition) is 3. The van der Waals surface area contributed by atoms with E-state index in [0.29, 0.717) is 13.1 Å². The first-order valence-corrected chi connectivity index (χ1v) is 7.92. The van der Waals surface area contributed by atoms with Crippen LogP contribution in [0.4, 0.5) is 5.69 Å². The maximum atomic E-state index is 12.6. The highest BCUT2D eigenvalue weighted by molar-refractivity contribution is 5.97. The number of carbonyl (C=O) groups excluding carboxylic acids is 1. The summed E-state index contributed by atoms with van der Waals surface area (Å²) in [7, 11) is 1.66. The van der Waals surface area contributed by atoms with Crippen molar-refractivity contribution in [2.75, 3.05) is 18.6 Å². The summed E-state index contributed by atoms with van der Waals surface area (Å²) in [6, 6.07) is 16.2. The average molecular weight is 310 g/mol. The van der Waals surface area contributed by atoms with Gasteiger partial charge in [-0.25, -0.2) is 0 Å². The van der Waals surface area contributed by atoms with Gasteiger partial charge in [-0.2, -0.15) is 0 Å². The van der Waals surface area contributed by atoms with E-state index in [1.807, 2.05) is 47.4 Å². The van der Waals surface area contributed by atoms with Crippen molar-refractivity contribution in [1.29, 1.82) is 0 Å². The lowest BCUT2D eigenvalue weighted by Gasteiger charge is -2.23. The predicted octanol–water partition coefficient (Wildman–Crippen LogP) is 2.76. The number of carbonyl (C=O) groups is 1. The molecule has 0 aliphatic carbocycles. The van der Waals surface area contributed by atoms with E-state index in [4.69, 9.17) is 4.74 Å². The molecule has 3 rings (SSSR count). The molecule has 0 spiro atoms. The summed E-state index contributed by atoms with van der Waals surface area (Å²) in [5, 5.41) is 3.23. The van der Waals surface area contributed by atoms with Crippen molar-refractivity contribution in [2.45, 2.75) is 25.9 Å². The lowest BCUT2D eigenvalue weighted by molar-refractivity contribution is -0.118. The third kappa shape index (κ3) is 3.37. The van der Waals surface area contributed by atoms with E-state index in [1.165, 1.54) is 5.56 Å². The van der Waals surface area contributed by atoms with Crippen molar-refractivity contribution in [3.05, 3.63) is 59.7 Å². The van der Waals surface area contributed by atoms with Crippen LogP contribution >= 0.6 is 0 Å². The van der Waals surface area contributed by atoms with Gasteiger partial charge in [0.15, 0.2) is 0 Å². The van der Waals surface area contributed by atoms with Gasteiger partial charge in [-0.15, -0.1) is 0 Å². The molecule has 0 radical (unpaired) electrons. The Balaban J connectivity index is 1.59. The fraction of sp³-hybridized carbons (Fsp3) is 0.316. The van der Waals surface area contributed by atoms with Gasteiger partial charge >= 0.3 is 0 Å². The second-order valence-corrected chi connectivity index (χ2v) is 5.90. The fourth-order valence-corrected chi connectivity index (χ4v) is 3.13. The van der Waals surface area contributed by atoms with E-state index in [1.54, 1.807) is 7.11 Å². The molecule has 1 heterocycles. The van der Waals surface area contributed by atoms with Crippen LogP contribution in [0.1, 0.15) is 18.1 Å². The van der Waals surface area contributed by atoms with Crippen LogP contribution in [0.5, 0.6) is 5.75 Å². The Morgan fingerprint density at radius 1 is 1.26 bits per heavy atom. The van der Waals surface area contributed by atoms with Crippen LogP contribution in [0.15, 0.2) is 48.5 Å². The fourth-order valence-electron chi connectivity index (χ4n) is 3.13. The number of benzene rings is 2. The summed E-state index contributed by atoms with van der Waals surface area (Å²) in [6.45, 7) is 3.07. The smallest absolute Gasteiger partial charge is 0.241 e. The SMILES string of the molecule is COc1cccc(CNCC(=O)N2c3ccccc3C[C@H]2C)c1. The molecule has 0 fully saturated rings. The molecule has 1 atom stereocenters. The predicted molar refractivity (Wildman–Crippen MR) is 91.8 cm³/mol. The molecule has 0 unspecified atom stereocenters. The highest BCUT2D eigenvalue weighted by atomic mass is 16.5. The van der Waals surface area contributed by atoms with Crippen LogP contribution in [-0.4, -0.2) is 25.6 Å². The number of rotatable bonds is 5.